The molecule has 0 unspecified atom stereocenters. The van der Waals surface area contributed by atoms with Crippen LogP contribution < -0.4 is 10.9 Å². The van der Waals surface area contributed by atoms with E-state index in [0.29, 0.717) is 5.69 Å². The number of fused-ring (bicyclic) bond motifs is 1. The second-order valence-electron chi connectivity index (χ2n) is 6.00. The lowest BCUT2D eigenvalue weighted by atomic mass is 10.1. The maximum absolute atomic E-state index is 12.4. The predicted molar refractivity (Wildman–Crippen MR) is 93.4 cm³/mol. The number of nitrogens with one attached hydrogen (secondary N) is 2. The molecule has 2 N–H and O–H groups in total. The highest BCUT2D eigenvalue weighted by molar-refractivity contribution is 6.04. The minimum Gasteiger partial charge on any atom is -0.334 e. The molecule has 1 aromatic carbocycles. The first-order chi connectivity index (χ1) is 12.2. The Kier molecular flexibility index (Phi) is 3.89. The van der Waals surface area contributed by atoms with E-state index in [9.17, 15) is 9.59 Å². The number of imidazole rings is 1. The number of aryl methyl sites for hydroxylation is 2. The lowest BCUT2D eigenvalue weighted by molar-refractivity contribution is 0.102. The van der Waals surface area contributed by atoms with Gasteiger partial charge in [0, 0.05) is 30.8 Å². The fraction of sp³-hybridized carbons (Fsp3) is 0.222. The van der Waals surface area contributed by atoms with E-state index in [2.05, 4.69) is 20.1 Å². The van der Waals surface area contributed by atoms with Gasteiger partial charge in [-0.15, -0.1) is 0 Å². The topological polar surface area (TPSA) is 92.7 Å². The number of anilines is 1. The summed E-state index contributed by atoms with van der Waals surface area (Å²) in [7, 11) is 0. The lowest BCUT2D eigenvalue weighted by Gasteiger charge is -2.11. The van der Waals surface area contributed by atoms with Crippen LogP contribution in [0.25, 0.3) is 11.3 Å². The standard InChI is InChI=1S/C18H17N5O2/c24-17-9-8-14(21-22-17)18(25)20-13-6-2-1-5-12(13)15-11-23-10-4-3-7-16(23)19-15/h1-2,5-6,8-9,11H,3-4,7,10H2,(H,20,25)(H,22,24). The Hall–Kier alpha value is -3.22. The highest BCUT2D eigenvalue weighted by Gasteiger charge is 2.16. The van der Waals surface area contributed by atoms with Crippen LogP contribution in [0.5, 0.6) is 0 Å². The molecule has 0 saturated heterocycles. The van der Waals surface area contributed by atoms with Crippen LogP contribution in [0, 0.1) is 0 Å². The monoisotopic (exact) mass is 335 g/mol. The SMILES string of the molecule is O=C(Nc1ccccc1-c1cn2c(n1)CCCC2)c1ccc(=O)[nH]n1. The van der Waals surface area contributed by atoms with Crippen LogP contribution in [0.15, 0.2) is 47.4 Å². The number of benzene rings is 1. The van der Waals surface area contributed by atoms with Crippen LogP contribution >= 0.6 is 0 Å². The Morgan fingerprint density at radius 2 is 2.04 bits per heavy atom. The number of hydrogen-bond donors (Lipinski definition) is 2. The molecule has 0 aliphatic carbocycles. The van der Waals surface area contributed by atoms with Gasteiger partial charge in [-0.3, -0.25) is 9.59 Å². The minimum absolute atomic E-state index is 0.151. The number of hydrogen-bond acceptors (Lipinski definition) is 4. The zero-order valence-corrected chi connectivity index (χ0v) is 13.5. The molecule has 7 heteroatoms. The summed E-state index contributed by atoms with van der Waals surface area (Å²) in [6.45, 7) is 0.984. The summed E-state index contributed by atoms with van der Waals surface area (Å²) in [4.78, 5) is 28.2. The highest BCUT2D eigenvalue weighted by atomic mass is 16.2. The molecule has 2 aromatic heterocycles. The fourth-order valence-corrected chi connectivity index (χ4v) is 3.02. The van der Waals surface area contributed by atoms with Gasteiger partial charge in [0.25, 0.3) is 11.5 Å². The molecule has 1 amide bonds. The van der Waals surface area contributed by atoms with E-state index in [1.165, 1.54) is 18.6 Å². The van der Waals surface area contributed by atoms with E-state index in [1.54, 1.807) is 0 Å². The molecule has 3 aromatic rings. The van der Waals surface area contributed by atoms with E-state index >= 15 is 0 Å². The largest absolute Gasteiger partial charge is 0.334 e. The van der Waals surface area contributed by atoms with Crippen molar-refractivity contribution in [3.63, 3.8) is 0 Å². The van der Waals surface area contributed by atoms with Gasteiger partial charge in [-0.05, 0) is 25.0 Å². The number of H-pyrrole nitrogens is 1. The van der Waals surface area contributed by atoms with Crippen LogP contribution in [0.2, 0.25) is 0 Å². The van der Waals surface area contributed by atoms with Gasteiger partial charge in [-0.1, -0.05) is 18.2 Å². The maximum Gasteiger partial charge on any atom is 0.276 e. The quantitative estimate of drug-likeness (QED) is 0.767. The average molecular weight is 335 g/mol. The van der Waals surface area contributed by atoms with Gasteiger partial charge in [0.1, 0.15) is 11.5 Å². The third-order valence-corrected chi connectivity index (χ3v) is 4.27. The molecule has 126 valence electrons. The van der Waals surface area contributed by atoms with E-state index in [0.717, 1.165) is 36.5 Å². The summed E-state index contributed by atoms with van der Waals surface area (Å²) in [5, 5.41) is 8.88. The van der Waals surface area contributed by atoms with Crippen LogP contribution in [0.4, 0.5) is 5.69 Å². The summed E-state index contributed by atoms with van der Waals surface area (Å²) < 4.78 is 2.18. The number of para-hydroxylation sites is 1. The summed E-state index contributed by atoms with van der Waals surface area (Å²) in [5.74, 6) is 0.706. The number of aromatic amines is 1. The third kappa shape index (κ3) is 3.08. The molecule has 3 heterocycles. The highest BCUT2D eigenvalue weighted by Crippen LogP contribution is 2.29. The van der Waals surface area contributed by atoms with Crippen LogP contribution in [0.3, 0.4) is 0 Å². The lowest BCUT2D eigenvalue weighted by Crippen LogP contribution is -2.17. The van der Waals surface area contributed by atoms with Crippen molar-refractivity contribution in [2.75, 3.05) is 5.32 Å². The summed E-state index contributed by atoms with van der Waals surface area (Å²) in [5.41, 5.74) is 2.18. The number of amides is 1. The van der Waals surface area contributed by atoms with Crippen molar-refractivity contribution in [3.8, 4) is 11.3 Å². The van der Waals surface area contributed by atoms with Crippen LogP contribution in [0.1, 0.15) is 29.2 Å². The number of nitrogens with zero attached hydrogens (tertiary/aromatic N) is 3. The van der Waals surface area contributed by atoms with Crippen molar-refractivity contribution < 1.29 is 4.79 Å². The Balaban J connectivity index is 1.65. The summed E-state index contributed by atoms with van der Waals surface area (Å²) in [6.07, 6.45) is 5.35. The smallest absolute Gasteiger partial charge is 0.276 e. The molecule has 7 nitrogen and oxygen atoms in total. The Morgan fingerprint density at radius 1 is 1.16 bits per heavy atom. The Bertz CT molecular complexity index is 945. The number of rotatable bonds is 3. The van der Waals surface area contributed by atoms with Crippen molar-refractivity contribution >= 4 is 11.6 Å². The first kappa shape index (κ1) is 15.3. The fourth-order valence-electron chi connectivity index (χ4n) is 3.02. The van der Waals surface area contributed by atoms with E-state index < -0.39 is 0 Å². The maximum atomic E-state index is 12.4. The molecule has 0 spiro atoms. The van der Waals surface area contributed by atoms with E-state index in [4.69, 9.17) is 4.98 Å². The summed E-state index contributed by atoms with van der Waals surface area (Å²) >= 11 is 0. The van der Waals surface area contributed by atoms with Gasteiger partial charge < -0.3 is 9.88 Å². The van der Waals surface area contributed by atoms with Gasteiger partial charge in [0.2, 0.25) is 0 Å². The molecular formula is C18H17N5O2. The van der Waals surface area contributed by atoms with Gasteiger partial charge in [0.15, 0.2) is 0 Å². The van der Waals surface area contributed by atoms with Crippen LogP contribution in [-0.4, -0.2) is 25.7 Å². The van der Waals surface area contributed by atoms with Gasteiger partial charge in [0.05, 0.1) is 11.4 Å². The molecule has 1 aliphatic heterocycles. The normalized spacial score (nSPS) is 13.3. The molecule has 25 heavy (non-hydrogen) atoms. The molecule has 0 fully saturated rings. The van der Waals surface area contributed by atoms with Gasteiger partial charge in [-0.2, -0.15) is 5.10 Å². The van der Waals surface area contributed by atoms with E-state index in [-0.39, 0.29) is 17.2 Å². The Labute approximate surface area is 143 Å². The molecular weight excluding hydrogens is 318 g/mol. The van der Waals surface area contributed by atoms with Crippen LogP contribution in [-0.2, 0) is 13.0 Å². The number of carbonyl (C=O) groups excluding carboxylic acids is 1. The first-order valence-electron chi connectivity index (χ1n) is 8.23. The van der Waals surface area contributed by atoms with Gasteiger partial charge >= 0.3 is 0 Å². The van der Waals surface area contributed by atoms with Crippen molar-refractivity contribution in [3.05, 3.63) is 64.5 Å². The predicted octanol–water partition coefficient (Wildman–Crippen LogP) is 2.22. The van der Waals surface area contributed by atoms with Crippen molar-refractivity contribution in [1.82, 2.24) is 19.7 Å². The number of aromatic nitrogens is 4. The molecule has 1 aliphatic rings. The average Bonchev–Trinajstić information content (AvgIpc) is 3.06. The third-order valence-electron chi connectivity index (χ3n) is 4.27. The second-order valence-corrected chi connectivity index (χ2v) is 6.00. The van der Waals surface area contributed by atoms with Gasteiger partial charge in [-0.25, -0.2) is 10.1 Å². The first-order valence-corrected chi connectivity index (χ1v) is 8.23. The second kappa shape index (κ2) is 6.35. The van der Waals surface area contributed by atoms with Crippen molar-refractivity contribution in [2.24, 2.45) is 0 Å². The molecule has 0 atom stereocenters. The minimum atomic E-state index is -0.382. The molecule has 0 saturated carbocycles. The zero-order chi connectivity index (χ0) is 17.2. The molecule has 0 bridgehead atoms. The summed E-state index contributed by atoms with van der Waals surface area (Å²) in [6, 6.07) is 10.2. The zero-order valence-electron chi connectivity index (χ0n) is 13.5. The molecule has 0 radical (unpaired) electrons. The Morgan fingerprint density at radius 3 is 2.84 bits per heavy atom. The van der Waals surface area contributed by atoms with Crippen molar-refractivity contribution in [2.45, 2.75) is 25.8 Å². The van der Waals surface area contributed by atoms with E-state index in [1.807, 2.05) is 30.5 Å². The number of carbonyl (C=O) groups is 1. The van der Waals surface area contributed by atoms with Crippen molar-refractivity contribution in [1.29, 1.82) is 0 Å². The molecule has 4 rings (SSSR count).